The van der Waals surface area contributed by atoms with Gasteiger partial charge in [-0.3, -0.25) is 9.52 Å². The van der Waals surface area contributed by atoms with E-state index in [2.05, 4.69) is 4.72 Å². The molecular weight excluding hydrogens is 392 g/mol. The predicted octanol–water partition coefficient (Wildman–Crippen LogP) is 3.14. The molecule has 2 unspecified atom stereocenters. The van der Waals surface area contributed by atoms with Crippen LogP contribution >= 0.6 is 0 Å². The Balaban J connectivity index is 1.76. The second-order valence-corrected chi connectivity index (χ2v) is 8.74. The number of morpholine rings is 1. The molecule has 3 rings (SSSR count). The number of nitrogens with one attached hydrogen (secondary N) is 1. The highest BCUT2D eigenvalue weighted by atomic mass is 32.2. The summed E-state index contributed by atoms with van der Waals surface area (Å²) < 4.78 is 38.9. The van der Waals surface area contributed by atoms with Gasteiger partial charge in [-0.15, -0.1) is 0 Å². The average molecular weight is 419 g/mol. The number of rotatable bonds is 6. The van der Waals surface area contributed by atoms with Gasteiger partial charge in [0.25, 0.3) is 15.9 Å². The molecule has 156 valence electrons. The lowest BCUT2D eigenvalue weighted by Gasteiger charge is -2.35. The van der Waals surface area contributed by atoms with E-state index in [1.54, 1.807) is 41.3 Å². The van der Waals surface area contributed by atoms with Crippen LogP contribution in [0.3, 0.4) is 0 Å². The van der Waals surface area contributed by atoms with Gasteiger partial charge in [-0.2, -0.15) is 0 Å². The predicted molar refractivity (Wildman–Crippen MR) is 111 cm³/mol. The van der Waals surface area contributed by atoms with Crippen LogP contribution in [0.2, 0.25) is 0 Å². The molecule has 1 amide bonds. The van der Waals surface area contributed by atoms with E-state index in [4.69, 9.17) is 9.47 Å². The maximum atomic E-state index is 12.9. The summed E-state index contributed by atoms with van der Waals surface area (Å²) in [5, 5.41) is 0. The van der Waals surface area contributed by atoms with Gasteiger partial charge in [0.05, 0.1) is 23.7 Å². The molecule has 0 aromatic heterocycles. The first-order valence-corrected chi connectivity index (χ1v) is 11.1. The highest BCUT2D eigenvalue weighted by Gasteiger charge is 2.27. The fraction of sp³-hybridized carbons (Fsp3) is 0.381. The Kier molecular flexibility index (Phi) is 6.44. The molecule has 8 heteroatoms. The van der Waals surface area contributed by atoms with E-state index in [1.807, 2.05) is 20.8 Å². The largest absolute Gasteiger partial charge is 0.494 e. The molecule has 1 aliphatic heterocycles. The minimum atomic E-state index is -3.78. The fourth-order valence-corrected chi connectivity index (χ4v) is 4.39. The maximum absolute atomic E-state index is 12.9. The van der Waals surface area contributed by atoms with Gasteiger partial charge >= 0.3 is 0 Å². The van der Waals surface area contributed by atoms with Crippen molar-refractivity contribution in [1.29, 1.82) is 0 Å². The van der Waals surface area contributed by atoms with E-state index in [-0.39, 0.29) is 23.0 Å². The molecule has 2 aromatic carbocycles. The Hall–Kier alpha value is -2.58. The third kappa shape index (κ3) is 5.27. The lowest BCUT2D eigenvalue weighted by atomic mass is 10.1. The molecule has 2 atom stereocenters. The van der Waals surface area contributed by atoms with E-state index in [1.165, 1.54) is 12.1 Å². The summed E-state index contributed by atoms with van der Waals surface area (Å²) in [5.41, 5.74) is 0.761. The normalized spacial score (nSPS) is 19.6. The number of carbonyl (C=O) groups excluding carboxylic acids is 1. The van der Waals surface area contributed by atoms with Gasteiger partial charge in [0.2, 0.25) is 0 Å². The molecule has 1 N–H and O–H groups in total. The molecule has 0 bridgehead atoms. The number of sulfonamides is 1. The number of carbonyl (C=O) groups is 1. The highest BCUT2D eigenvalue weighted by molar-refractivity contribution is 7.92. The van der Waals surface area contributed by atoms with Crippen molar-refractivity contribution in [2.75, 3.05) is 24.4 Å². The van der Waals surface area contributed by atoms with Gasteiger partial charge < -0.3 is 14.4 Å². The number of amides is 1. The van der Waals surface area contributed by atoms with E-state index in [0.717, 1.165) is 0 Å². The number of anilines is 1. The smallest absolute Gasteiger partial charge is 0.261 e. The summed E-state index contributed by atoms with van der Waals surface area (Å²) in [6.45, 7) is 7.23. The van der Waals surface area contributed by atoms with E-state index in [9.17, 15) is 13.2 Å². The van der Waals surface area contributed by atoms with Gasteiger partial charge in [0.1, 0.15) is 5.75 Å². The topological polar surface area (TPSA) is 84.9 Å². The van der Waals surface area contributed by atoms with Crippen molar-refractivity contribution in [1.82, 2.24) is 4.90 Å². The van der Waals surface area contributed by atoms with Crippen molar-refractivity contribution in [3.05, 3.63) is 54.1 Å². The summed E-state index contributed by atoms with van der Waals surface area (Å²) >= 11 is 0. The van der Waals surface area contributed by atoms with Crippen LogP contribution in [0.5, 0.6) is 5.75 Å². The second kappa shape index (κ2) is 8.84. The lowest BCUT2D eigenvalue weighted by Crippen LogP contribution is -2.48. The van der Waals surface area contributed by atoms with Crippen LogP contribution in [0, 0.1) is 0 Å². The Morgan fingerprint density at radius 3 is 2.41 bits per heavy atom. The van der Waals surface area contributed by atoms with Crippen LogP contribution in [0.4, 0.5) is 5.69 Å². The maximum Gasteiger partial charge on any atom is 0.261 e. The monoisotopic (exact) mass is 418 g/mol. The number of nitrogens with zero attached hydrogens (tertiary/aromatic N) is 1. The summed E-state index contributed by atoms with van der Waals surface area (Å²) in [4.78, 5) is 14.7. The number of benzene rings is 2. The first-order chi connectivity index (χ1) is 13.8. The third-order valence-electron chi connectivity index (χ3n) is 4.51. The molecule has 0 saturated carbocycles. The van der Waals surface area contributed by atoms with Crippen LogP contribution in [0.1, 0.15) is 31.1 Å². The molecule has 1 saturated heterocycles. The third-order valence-corrected chi connectivity index (χ3v) is 5.91. The average Bonchev–Trinajstić information content (AvgIpc) is 2.67. The van der Waals surface area contributed by atoms with Crippen molar-refractivity contribution < 1.29 is 22.7 Å². The molecule has 1 fully saturated rings. The van der Waals surface area contributed by atoms with Crippen molar-refractivity contribution in [3.63, 3.8) is 0 Å². The molecular formula is C21H26N2O5S. The Bertz CT molecular complexity index is 949. The van der Waals surface area contributed by atoms with E-state index >= 15 is 0 Å². The minimum Gasteiger partial charge on any atom is -0.494 e. The van der Waals surface area contributed by atoms with Gasteiger partial charge in [-0.25, -0.2) is 8.42 Å². The van der Waals surface area contributed by atoms with Crippen molar-refractivity contribution >= 4 is 21.6 Å². The van der Waals surface area contributed by atoms with Crippen LogP contribution in [-0.2, 0) is 14.8 Å². The standard InChI is InChI=1S/C21H26N2O5S/c1-4-27-19-8-10-20(11-9-19)29(25,26)22-18-7-5-6-17(12-18)21(24)23-13-15(2)28-16(3)14-23/h5-12,15-16,22H,4,13-14H2,1-3H3. The fourth-order valence-electron chi connectivity index (χ4n) is 3.34. The van der Waals surface area contributed by atoms with Crippen LogP contribution < -0.4 is 9.46 Å². The summed E-state index contributed by atoms with van der Waals surface area (Å²) in [6, 6.07) is 12.7. The molecule has 0 spiro atoms. The van der Waals surface area contributed by atoms with Gasteiger partial charge in [0.15, 0.2) is 0 Å². The molecule has 1 aliphatic rings. The Morgan fingerprint density at radius 2 is 1.79 bits per heavy atom. The van der Waals surface area contributed by atoms with E-state index in [0.29, 0.717) is 36.7 Å². The highest BCUT2D eigenvalue weighted by Crippen LogP contribution is 2.21. The number of ether oxygens (including phenoxy) is 2. The van der Waals surface area contributed by atoms with Crippen LogP contribution in [0.15, 0.2) is 53.4 Å². The Morgan fingerprint density at radius 1 is 1.14 bits per heavy atom. The number of hydrogen-bond acceptors (Lipinski definition) is 5. The summed E-state index contributed by atoms with van der Waals surface area (Å²) in [6.07, 6.45) is -0.0758. The Labute approximate surface area is 171 Å². The van der Waals surface area contributed by atoms with Crippen LogP contribution in [0.25, 0.3) is 0 Å². The molecule has 29 heavy (non-hydrogen) atoms. The van der Waals surface area contributed by atoms with E-state index < -0.39 is 10.0 Å². The minimum absolute atomic E-state index is 0.0379. The molecule has 2 aromatic rings. The van der Waals surface area contributed by atoms with Crippen molar-refractivity contribution in [2.24, 2.45) is 0 Å². The molecule has 0 aliphatic carbocycles. The second-order valence-electron chi connectivity index (χ2n) is 7.06. The summed E-state index contributed by atoms with van der Waals surface area (Å²) in [7, 11) is -3.78. The zero-order chi connectivity index (χ0) is 21.0. The zero-order valence-corrected chi connectivity index (χ0v) is 17.6. The van der Waals surface area contributed by atoms with Gasteiger partial charge in [-0.1, -0.05) is 6.07 Å². The quantitative estimate of drug-likeness (QED) is 0.779. The van der Waals surface area contributed by atoms with Crippen molar-refractivity contribution in [2.45, 2.75) is 37.9 Å². The molecule has 1 heterocycles. The first kappa shape index (κ1) is 21.1. The molecule has 7 nitrogen and oxygen atoms in total. The zero-order valence-electron chi connectivity index (χ0n) is 16.8. The summed E-state index contributed by atoms with van der Waals surface area (Å²) in [5.74, 6) is 0.460. The van der Waals surface area contributed by atoms with Crippen LogP contribution in [-0.4, -0.2) is 51.1 Å². The lowest BCUT2D eigenvalue weighted by molar-refractivity contribution is -0.0586. The number of hydrogen-bond donors (Lipinski definition) is 1. The first-order valence-electron chi connectivity index (χ1n) is 9.59. The van der Waals surface area contributed by atoms with Crippen molar-refractivity contribution in [3.8, 4) is 5.75 Å². The van der Waals surface area contributed by atoms with Gasteiger partial charge in [0, 0.05) is 24.3 Å². The van der Waals surface area contributed by atoms with Gasteiger partial charge in [-0.05, 0) is 63.2 Å². The SMILES string of the molecule is CCOc1ccc(S(=O)(=O)Nc2cccc(C(=O)N3CC(C)OC(C)C3)c2)cc1. The molecule has 0 radical (unpaired) electrons.